The first kappa shape index (κ1) is 18.7. The average molecular weight is 390 g/mol. The van der Waals surface area contributed by atoms with Crippen molar-refractivity contribution < 1.29 is 4.79 Å². The quantitative estimate of drug-likeness (QED) is 0.587. The third-order valence-electron chi connectivity index (χ3n) is 4.30. The summed E-state index contributed by atoms with van der Waals surface area (Å²) in [6.45, 7) is 3.13. The number of rotatable bonds is 7. The van der Waals surface area contributed by atoms with Crippen molar-refractivity contribution in [3.8, 4) is 0 Å². The lowest BCUT2D eigenvalue weighted by atomic mass is 10.2. The first-order valence-electron chi connectivity index (χ1n) is 8.73. The van der Waals surface area contributed by atoms with Crippen LogP contribution >= 0.6 is 23.2 Å². The lowest BCUT2D eigenvalue weighted by Gasteiger charge is -2.11. The topological polar surface area (TPSA) is 46.9 Å². The van der Waals surface area contributed by atoms with Crippen molar-refractivity contribution in [3.63, 3.8) is 0 Å². The van der Waals surface area contributed by atoms with Crippen molar-refractivity contribution in [2.45, 2.75) is 32.7 Å². The van der Waals surface area contributed by atoms with E-state index in [1.165, 1.54) is 0 Å². The maximum atomic E-state index is 11.4. The van der Waals surface area contributed by atoms with Gasteiger partial charge in [-0.25, -0.2) is 4.98 Å². The van der Waals surface area contributed by atoms with Crippen LogP contribution in [0.4, 0.5) is 0 Å². The van der Waals surface area contributed by atoms with Crippen LogP contribution in [-0.4, -0.2) is 22.0 Å². The molecule has 0 aliphatic carbocycles. The summed E-state index contributed by atoms with van der Waals surface area (Å²) in [6.07, 6.45) is 2.13. The third kappa shape index (κ3) is 4.37. The molecule has 3 rings (SSSR count). The van der Waals surface area contributed by atoms with Gasteiger partial charge in [0, 0.05) is 29.4 Å². The number of hydrogen-bond acceptors (Lipinski definition) is 2. The molecule has 0 aliphatic rings. The molecule has 1 amide bonds. The van der Waals surface area contributed by atoms with Gasteiger partial charge in [0.05, 0.1) is 17.6 Å². The van der Waals surface area contributed by atoms with Crippen LogP contribution in [0.15, 0.2) is 42.5 Å². The van der Waals surface area contributed by atoms with E-state index in [0.717, 1.165) is 35.3 Å². The zero-order valence-electron chi connectivity index (χ0n) is 14.6. The number of aromatic nitrogens is 2. The molecule has 0 aliphatic heterocycles. The number of fused-ring (bicyclic) bond motifs is 1. The molecule has 0 saturated carbocycles. The predicted molar refractivity (Wildman–Crippen MR) is 107 cm³/mol. The summed E-state index contributed by atoms with van der Waals surface area (Å²) in [5.41, 5.74) is 3.04. The number of amides is 1. The van der Waals surface area contributed by atoms with Gasteiger partial charge in [-0.2, -0.15) is 0 Å². The molecule has 6 heteroatoms. The minimum absolute atomic E-state index is 0.0754. The molecule has 0 atom stereocenters. The van der Waals surface area contributed by atoms with E-state index in [1.807, 2.05) is 37.3 Å². The molecule has 0 radical (unpaired) electrons. The molecule has 1 heterocycles. The molecule has 1 aromatic heterocycles. The Morgan fingerprint density at radius 3 is 2.77 bits per heavy atom. The Morgan fingerprint density at radius 1 is 1.19 bits per heavy atom. The van der Waals surface area contributed by atoms with Crippen molar-refractivity contribution in [3.05, 3.63) is 63.9 Å². The van der Waals surface area contributed by atoms with E-state index in [2.05, 4.69) is 16.0 Å². The second-order valence-electron chi connectivity index (χ2n) is 6.15. The second-order valence-corrected chi connectivity index (χ2v) is 6.99. The summed E-state index contributed by atoms with van der Waals surface area (Å²) in [6, 6.07) is 13.6. The minimum Gasteiger partial charge on any atom is -0.356 e. The highest BCUT2D eigenvalue weighted by Gasteiger charge is 2.12. The molecule has 3 aromatic rings. The first-order valence-corrected chi connectivity index (χ1v) is 9.49. The molecular formula is C20H21Cl2N3O. The Hall–Kier alpha value is -2.04. The number of aryl methyl sites for hydroxylation is 1. The molecule has 0 saturated heterocycles. The van der Waals surface area contributed by atoms with Gasteiger partial charge in [-0.3, -0.25) is 4.79 Å². The molecule has 136 valence electrons. The van der Waals surface area contributed by atoms with Crippen LogP contribution in [0.1, 0.15) is 31.2 Å². The number of hydrogen-bond donors (Lipinski definition) is 1. The molecule has 0 fully saturated rings. The Morgan fingerprint density at radius 2 is 2.00 bits per heavy atom. The van der Waals surface area contributed by atoms with Crippen LogP contribution in [-0.2, 0) is 17.8 Å². The van der Waals surface area contributed by atoms with Gasteiger partial charge >= 0.3 is 0 Å². The highest BCUT2D eigenvalue weighted by atomic mass is 35.5. The van der Waals surface area contributed by atoms with Crippen molar-refractivity contribution in [2.75, 3.05) is 6.54 Å². The highest BCUT2D eigenvalue weighted by molar-refractivity contribution is 6.35. The van der Waals surface area contributed by atoms with Gasteiger partial charge in [-0.1, -0.05) is 48.3 Å². The second kappa shape index (κ2) is 8.56. The molecule has 0 unspecified atom stereocenters. The normalized spacial score (nSPS) is 11.0. The number of halogens is 2. The summed E-state index contributed by atoms with van der Waals surface area (Å²) in [5, 5.41) is 4.18. The average Bonchev–Trinajstić information content (AvgIpc) is 2.98. The fraction of sp³-hybridized carbons (Fsp3) is 0.300. The molecule has 26 heavy (non-hydrogen) atoms. The highest BCUT2D eigenvalue weighted by Crippen LogP contribution is 2.25. The maximum Gasteiger partial charge on any atom is 0.219 e. The number of nitrogens with zero attached hydrogens (tertiary/aromatic N) is 2. The number of para-hydroxylation sites is 2. The van der Waals surface area contributed by atoms with Gasteiger partial charge in [0.2, 0.25) is 5.91 Å². The zero-order chi connectivity index (χ0) is 18.5. The van der Waals surface area contributed by atoms with Crippen LogP contribution in [0.25, 0.3) is 11.0 Å². The van der Waals surface area contributed by atoms with E-state index < -0.39 is 0 Å². The Balaban J connectivity index is 1.83. The lowest BCUT2D eigenvalue weighted by Crippen LogP contribution is -2.23. The molecule has 1 N–H and O–H groups in total. The van der Waals surface area contributed by atoms with Gasteiger partial charge in [-0.05, 0) is 36.2 Å². The monoisotopic (exact) mass is 389 g/mol. The van der Waals surface area contributed by atoms with Crippen molar-refractivity contribution in [1.82, 2.24) is 14.9 Å². The number of nitrogens with one attached hydrogen (secondary N) is 1. The molecule has 2 aromatic carbocycles. The molecule has 0 bridgehead atoms. The van der Waals surface area contributed by atoms with Crippen molar-refractivity contribution >= 4 is 40.1 Å². The smallest absolute Gasteiger partial charge is 0.219 e. The predicted octanol–water partition coefficient (Wildman–Crippen LogP) is 4.85. The number of carbonyl (C=O) groups is 1. The molecule has 4 nitrogen and oxygen atoms in total. The van der Waals surface area contributed by atoms with Gasteiger partial charge in [0.25, 0.3) is 0 Å². The van der Waals surface area contributed by atoms with Crippen molar-refractivity contribution in [1.29, 1.82) is 0 Å². The summed E-state index contributed by atoms with van der Waals surface area (Å²) >= 11 is 12.4. The van der Waals surface area contributed by atoms with Gasteiger partial charge in [0.15, 0.2) is 0 Å². The van der Waals surface area contributed by atoms with Crippen LogP contribution in [0.2, 0.25) is 10.0 Å². The largest absolute Gasteiger partial charge is 0.356 e. The van der Waals surface area contributed by atoms with Gasteiger partial charge in [0.1, 0.15) is 5.82 Å². The van der Waals surface area contributed by atoms with E-state index in [1.54, 1.807) is 6.07 Å². The molecule has 0 spiro atoms. The van der Waals surface area contributed by atoms with E-state index in [-0.39, 0.29) is 5.91 Å². The van der Waals surface area contributed by atoms with Gasteiger partial charge in [-0.15, -0.1) is 0 Å². The lowest BCUT2D eigenvalue weighted by molar-refractivity contribution is -0.120. The summed E-state index contributed by atoms with van der Waals surface area (Å²) in [5.74, 6) is 1.06. The SMILES string of the molecule is CCC(=O)NCCCc1nc2ccccc2n1Cc1ccc(Cl)cc1Cl. The van der Waals surface area contributed by atoms with E-state index in [0.29, 0.717) is 29.6 Å². The summed E-state index contributed by atoms with van der Waals surface area (Å²) in [7, 11) is 0. The first-order chi connectivity index (χ1) is 12.6. The van der Waals surface area contributed by atoms with Crippen LogP contribution in [0, 0.1) is 0 Å². The fourth-order valence-corrected chi connectivity index (χ4v) is 3.38. The number of carbonyl (C=O) groups excluding carboxylic acids is 1. The van der Waals surface area contributed by atoms with Crippen LogP contribution < -0.4 is 5.32 Å². The van der Waals surface area contributed by atoms with E-state index in [4.69, 9.17) is 28.2 Å². The fourth-order valence-electron chi connectivity index (χ4n) is 2.91. The number of imidazole rings is 1. The number of benzene rings is 2. The molecular weight excluding hydrogens is 369 g/mol. The Kier molecular flexibility index (Phi) is 6.17. The van der Waals surface area contributed by atoms with Crippen LogP contribution in [0.5, 0.6) is 0 Å². The minimum atomic E-state index is 0.0754. The summed E-state index contributed by atoms with van der Waals surface area (Å²) in [4.78, 5) is 16.2. The Labute approximate surface area is 163 Å². The van der Waals surface area contributed by atoms with Crippen LogP contribution in [0.3, 0.4) is 0 Å². The van der Waals surface area contributed by atoms with E-state index >= 15 is 0 Å². The maximum absolute atomic E-state index is 11.4. The third-order valence-corrected chi connectivity index (χ3v) is 4.88. The Bertz CT molecular complexity index is 921. The summed E-state index contributed by atoms with van der Waals surface area (Å²) < 4.78 is 2.19. The standard InChI is InChI=1S/C20H21Cl2N3O/c1-2-20(26)23-11-5-8-19-24-17-6-3-4-7-18(17)25(19)13-14-9-10-15(21)12-16(14)22/h3-4,6-7,9-10,12H,2,5,8,11,13H2,1H3,(H,23,26). The zero-order valence-corrected chi connectivity index (χ0v) is 16.1. The van der Waals surface area contributed by atoms with Gasteiger partial charge < -0.3 is 9.88 Å². The van der Waals surface area contributed by atoms with E-state index in [9.17, 15) is 4.79 Å². The van der Waals surface area contributed by atoms with Crippen molar-refractivity contribution in [2.24, 2.45) is 0 Å².